The molecule has 0 aromatic carbocycles. The summed E-state index contributed by atoms with van der Waals surface area (Å²) in [4.78, 5) is 41.8. The fourth-order valence-electron chi connectivity index (χ4n) is 2.93. The Balaban J connectivity index is 1.77. The summed E-state index contributed by atoms with van der Waals surface area (Å²) in [7, 11) is 1.28. The largest absolute Gasteiger partial charge is 0.477 e. The van der Waals surface area contributed by atoms with Gasteiger partial charge in [-0.1, -0.05) is 16.8 Å². The number of oxime groups is 1. The number of β-lactam (4-membered cyclic amide) rings is 1. The van der Waals surface area contributed by atoms with Gasteiger partial charge in [-0.3, -0.25) is 14.5 Å². The van der Waals surface area contributed by atoms with E-state index in [1.165, 1.54) is 19.4 Å². The van der Waals surface area contributed by atoms with Gasteiger partial charge in [0.15, 0.2) is 5.76 Å². The lowest BCUT2D eigenvalue weighted by Crippen LogP contribution is -2.72. The van der Waals surface area contributed by atoms with Gasteiger partial charge in [-0.2, -0.15) is 0 Å². The Hall–Kier alpha value is -2.81. The monoisotopic (exact) mass is 367 g/mol. The molecule has 1 aromatic rings. The number of carboxylic acid groups (broad SMARTS) is 1. The van der Waals surface area contributed by atoms with Crippen molar-refractivity contribution in [3.05, 3.63) is 34.9 Å². The van der Waals surface area contributed by atoms with E-state index in [9.17, 15) is 19.5 Å². The van der Waals surface area contributed by atoms with Gasteiger partial charge in [0, 0.05) is 5.03 Å². The van der Waals surface area contributed by atoms with Gasteiger partial charge in [-0.25, -0.2) is 4.79 Å². The zero-order valence-electron chi connectivity index (χ0n) is 13.1. The summed E-state index contributed by atoms with van der Waals surface area (Å²) in [6.07, 6.45) is 2.14. The highest BCUT2D eigenvalue weighted by Gasteiger charge is 2.53. The third-order valence-corrected chi connectivity index (χ3v) is 4.39. The lowest BCUT2D eigenvalue weighted by molar-refractivity contribution is -0.155. The fraction of sp³-hybridized carbons (Fsp3) is 0.333. The minimum Gasteiger partial charge on any atom is -0.477 e. The first-order valence-corrected chi connectivity index (χ1v) is 7.74. The van der Waals surface area contributed by atoms with Crippen molar-refractivity contribution in [2.75, 3.05) is 7.11 Å². The number of rotatable bonds is 5. The van der Waals surface area contributed by atoms with Gasteiger partial charge in [0.2, 0.25) is 5.71 Å². The predicted octanol–water partition coefficient (Wildman–Crippen LogP) is 0.655. The van der Waals surface area contributed by atoms with Crippen LogP contribution in [0, 0.1) is 0 Å². The van der Waals surface area contributed by atoms with E-state index in [2.05, 4.69) is 15.3 Å². The average Bonchev–Trinajstić information content (AvgIpc) is 3.10. The van der Waals surface area contributed by atoms with Crippen LogP contribution < -0.4 is 5.32 Å². The molecule has 0 radical (unpaired) electrons. The van der Waals surface area contributed by atoms with Gasteiger partial charge in [0.1, 0.15) is 18.8 Å². The van der Waals surface area contributed by atoms with E-state index in [1.54, 1.807) is 6.07 Å². The SMILES string of the molecule is CON=C(C(=O)N[C@@H]1C(=O)N2C(C(=O)O)=C(Cl)CC[C@@H]12)c1ccco1. The maximum atomic E-state index is 12.4. The number of nitrogens with one attached hydrogen (secondary N) is 1. The number of carboxylic acids is 1. The van der Waals surface area contributed by atoms with Crippen LogP contribution in [0.5, 0.6) is 0 Å². The fourth-order valence-corrected chi connectivity index (χ4v) is 3.21. The Morgan fingerprint density at radius 2 is 2.28 bits per heavy atom. The Morgan fingerprint density at radius 3 is 2.88 bits per heavy atom. The topological polar surface area (TPSA) is 121 Å². The van der Waals surface area contributed by atoms with E-state index >= 15 is 0 Å². The number of hydrogen-bond donors (Lipinski definition) is 2. The molecule has 2 aliphatic rings. The molecule has 2 atom stereocenters. The van der Waals surface area contributed by atoms with Crippen molar-refractivity contribution in [3.8, 4) is 0 Å². The Morgan fingerprint density at radius 1 is 1.52 bits per heavy atom. The molecule has 132 valence electrons. The molecule has 0 spiro atoms. The molecule has 0 bridgehead atoms. The molecule has 1 saturated heterocycles. The van der Waals surface area contributed by atoms with Crippen molar-refractivity contribution in [1.29, 1.82) is 0 Å². The Bertz CT molecular complexity index is 785. The molecule has 0 unspecified atom stereocenters. The highest BCUT2D eigenvalue weighted by atomic mass is 35.5. The summed E-state index contributed by atoms with van der Waals surface area (Å²) in [5.41, 5.74) is -0.355. The van der Waals surface area contributed by atoms with Crippen LogP contribution in [-0.2, 0) is 19.2 Å². The number of carbonyl (C=O) groups excluding carboxylic acids is 2. The smallest absolute Gasteiger partial charge is 0.353 e. The second kappa shape index (κ2) is 6.60. The van der Waals surface area contributed by atoms with E-state index in [0.29, 0.717) is 12.8 Å². The summed E-state index contributed by atoms with van der Waals surface area (Å²) in [5, 5.41) is 15.5. The van der Waals surface area contributed by atoms with Gasteiger partial charge in [-0.15, -0.1) is 0 Å². The molecule has 3 rings (SSSR count). The number of hydrogen-bond acceptors (Lipinski definition) is 6. The summed E-state index contributed by atoms with van der Waals surface area (Å²) in [5.74, 6) is -2.29. The second-order valence-electron chi connectivity index (χ2n) is 5.42. The Labute approximate surface area is 146 Å². The van der Waals surface area contributed by atoms with Gasteiger partial charge in [0.05, 0.1) is 12.3 Å². The number of carbonyl (C=O) groups is 3. The number of allylic oxidation sites excluding steroid dienone is 1. The molecule has 2 aliphatic heterocycles. The minimum absolute atomic E-state index is 0.124. The number of nitrogens with zero attached hydrogens (tertiary/aromatic N) is 2. The minimum atomic E-state index is -1.27. The molecule has 1 fully saturated rings. The first kappa shape index (κ1) is 17.0. The standard InChI is InChI=1S/C15H14ClN3O6/c1-24-18-11(9-3-2-6-25-9)13(20)17-10-8-5-4-7(16)12(15(22)23)19(8)14(10)21/h2-3,6,8,10H,4-5H2,1H3,(H,17,20)(H,22,23)/t8-,10-/m0/s1. The van der Waals surface area contributed by atoms with Crippen molar-refractivity contribution in [2.24, 2.45) is 5.16 Å². The second-order valence-corrected chi connectivity index (χ2v) is 5.88. The molecule has 0 aliphatic carbocycles. The van der Waals surface area contributed by atoms with Crippen molar-refractivity contribution in [3.63, 3.8) is 0 Å². The van der Waals surface area contributed by atoms with Crippen LogP contribution in [0.15, 0.2) is 38.7 Å². The number of amides is 2. The molecule has 25 heavy (non-hydrogen) atoms. The molecule has 10 heteroatoms. The van der Waals surface area contributed by atoms with E-state index < -0.39 is 29.9 Å². The number of halogens is 1. The van der Waals surface area contributed by atoms with Crippen LogP contribution in [0.25, 0.3) is 0 Å². The van der Waals surface area contributed by atoms with Crippen LogP contribution in [0.4, 0.5) is 0 Å². The summed E-state index contributed by atoms with van der Waals surface area (Å²) in [6, 6.07) is 1.78. The quantitative estimate of drug-likeness (QED) is 0.448. The zero-order chi connectivity index (χ0) is 18.1. The number of fused-ring (bicyclic) bond motifs is 1. The van der Waals surface area contributed by atoms with E-state index in [1.807, 2.05) is 0 Å². The van der Waals surface area contributed by atoms with Crippen LogP contribution in [-0.4, -0.2) is 52.7 Å². The van der Waals surface area contributed by atoms with Crippen molar-refractivity contribution in [2.45, 2.75) is 24.9 Å². The lowest BCUT2D eigenvalue weighted by Gasteiger charge is -2.49. The zero-order valence-corrected chi connectivity index (χ0v) is 13.8. The molecular formula is C15H14ClN3O6. The maximum absolute atomic E-state index is 12.4. The van der Waals surface area contributed by atoms with Gasteiger partial charge in [-0.05, 0) is 25.0 Å². The molecule has 2 amide bonds. The summed E-state index contributed by atoms with van der Waals surface area (Å²) >= 11 is 5.92. The number of furan rings is 1. The van der Waals surface area contributed by atoms with E-state index in [-0.39, 0.29) is 22.2 Å². The van der Waals surface area contributed by atoms with Crippen molar-refractivity contribution < 1.29 is 28.7 Å². The highest BCUT2D eigenvalue weighted by Crippen LogP contribution is 2.38. The van der Waals surface area contributed by atoms with Gasteiger partial charge in [0.25, 0.3) is 11.8 Å². The summed E-state index contributed by atoms with van der Waals surface area (Å²) < 4.78 is 5.13. The van der Waals surface area contributed by atoms with Crippen LogP contribution in [0.2, 0.25) is 0 Å². The highest BCUT2D eigenvalue weighted by molar-refractivity contribution is 6.44. The van der Waals surface area contributed by atoms with Crippen LogP contribution in [0.3, 0.4) is 0 Å². The summed E-state index contributed by atoms with van der Waals surface area (Å²) in [6.45, 7) is 0. The molecule has 9 nitrogen and oxygen atoms in total. The van der Waals surface area contributed by atoms with Crippen LogP contribution >= 0.6 is 11.6 Å². The lowest BCUT2D eigenvalue weighted by atomic mass is 9.86. The normalized spacial score (nSPS) is 23.0. The van der Waals surface area contributed by atoms with Crippen molar-refractivity contribution in [1.82, 2.24) is 10.2 Å². The third-order valence-electron chi connectivity index (χ3n) is 4.02. The van der Waals surface area contributed by atoms with E-state index in [4.69, 9.17) is 16.0 Å². The molecule has 0 saturated carbocycles. The molecule has 2 N–H and O–H groups in total. The first-order valence-electron chi connectivity index (χ1n) is 7.36. The van der Waals surface area contributed by atoms with Crippen molar-refractivity contribution >= 4 is 35.1 Å². The average molecular weight is 368 g/mol. The van der Waals surface area contributed by atoms with Gasteiger partial charge >= 0.3 is 5.97 Å². The molecular weight excluding hydrogens is 354 g/mol. The first-order chi connectivity index (χ1) is 12.0. The maximum Gasteiger partial charge on any atom is 0.353 e. The molecule has 3 heterocycles. The van der Waals surface area contributed by atoms with Crippen LogP contribution in [0.1, 0.15) is 18.6 Å². The predicted molar refractivity (Wildman–Crippen MR) is 84.6 cm³/mol. The Kier molecular flexibility index (Phi) is 4.49. The molecule has 1 aromatic heterocycles. The van der Waals surface area contributed by atoms with Gasteiger partial charge < -0.3 is 19.7 Å². The van der Waals surface area contributed by atoms with E-state index in [0.717, 1.165) is 4.90 Å². The number of aliphatic carboxylic acids is 1. The third kappa shape index (κ3) is 2.86.